The maximum Gasteiger partial charge on any atom is 0.332 e. The maximum absolute atomic E-state index is 13.1. The van der Waals surface area contributed by atoms with Crippen LogP contribution in [0.2, 0.25) is 0 Å². The van der Waals surface area contributed by atoms with Crippen molar-refractivity contribution in [1.29, 1.82) is 0 Å². The summed E-state index contributed by atoms with van der Waals surface area (Å²) >= 11 is 0. The van der Waals surface area contributed by atoms with Crippen LogP contribution >= 0.6 is 0 Å². The predicted octanol–water partition coefficient (Wildman–Crippen LogP) is 0.814. The van der Waals surface area contributed by atoms with Gasteiger partial charge in [0.05, 0.1) is 6.61 Å². The fourth-order valence-corrected chi connectivity index (χ4v) is 3.26. The first kappa shape index (κ1) is 19.2. The van der Waals surface area contributed by atoms with E-state index in [-0.39, 0.29) is 17.1 Å². The number of ether oxygens (including phenoxy) is 1. The lowest BCUT2D eigenvalue weighted by Crippen LogP contribution is -2.49. The summed E-state index contributed by atoms with van der Waals surface area (Å²) < 4.78 is 21.3. The van der Waals surface area contributed by atoms with Crippen LogP contribution < -0.4 is 20.9 Å². The van der Waals surface area contributed by atoms with Crippen molar-refractivity contribution in [3.63, 3.8) is 0 Å². The van der Waals surface area contributed by atoms with Gasteiger partial charge in [0.1, 0.15) is 17.4 Å². The first-order valence-corrected chi connectivity index (χ1v) is 9.08. The molecule has 0 radical (unpaired) electrons. The number of aromatic nitrogens is 2. The minimum absolute atomic E-state index is 0.287. The third kappa shape index (κ3) is 4.57. The van der Waals surface area contributed by atoms with Crippen molar-refractivity contribution < 1.29 is 9.13 Å². The Balaban J connectivity index is 1.47. The van der Waals surface area contributed by atoms with Gasteiger partial charge in [0, 0.05) is 59.0 Å². The SMILES string of the molecule is Cn1c(N2CCN(CCCOc3cccc(F)c3)CC2)cc(=O)n(C)c1=O. The molecule has 2 heterocycles. The molecule has 1 aromatic heterocycles. The van der Waals surface area contributed by atoms with Crippen molar-refractivity contribution >= 4 is 5.82 Å². The van der Waals surface area contributed by atoms with E-state index in [1.807, 2.05) is 0 Å². The van der Waals surface area contributed by atoms with Crippen molar-refractivity contribution in [1.82, 2.24) is 14.0 Å². The van der Waals surface area contributed by atoms with Crippen molar-refractivity contribution in [2.24, 2.45) is 14.1 Å². The quantitative estimate of drug-likeness (QED) is 0.699. The minimum atomic E-state index is -0.311. The molecule has 1 saturated heterocycles. The second kappa shape index (κ2) is 8.39. The Bertz CT molecular complexity index is 901. The van der Waals surface area contributed by atoms with E-state index < -0.39 is 0 Å². The van der Waals surface area contributed by atoms with E-state index in [0.29, 0.717) is 18.2 Å². The lowest BCUT2D eigenvalue weighted by molar-refractivity contribution is 0.223. The standard InChI is InChI=1S/C19H25FN4O3/c1-21-17(14-18(25)22(2)19(21)26)24-10-8-23(9-11-24)7-4-12-27-16-6-3-5-15(20)13-16/h3,5-6,13-14H,4,7-12H2,1-2H3. The van der Waals surface area contributed by atoms with E-state index in [9.17, 15) is 14.0 Å². The number of anilines is 1. The summed E-state index contributed by atoms with van der Waals surface area (Å²) in [6.07, 6.45) is 0.848. The average molecular weight is 376 g/mol. The van der Waals surface area contributed by atoms with Crippen LogP contribution in [0.4, 0.5) is 10.2 Å². The molecule has 3 rings (SSSR count). The summed E-state index contributed by atoms with van der Waals surface area (Å²) in [4.78, 5) is 28.4. The van der Waals surface area contributed by atoms with E-state index in [1.165, 1.54) is 29.8 Å². The molecule has 8 heteroatoms. The van der Waals surface area contributed by atoms with E-state index in [4.69, 9.17) is 4.74 Å². The fraction of sp³-hybridized carbons (Fsp3) is 0.474. The third-order valence-electron chi connectivity index (χ3n) is 4.88. The summed E-state index contributed by atoms with van der Waals surface area (Å²) in [7, 11) is 3.17. The van der Waals surface area contributed by atoms with Crippen LogP contribution in [-0.4, -0.2) is 53.4 Å². The molecule has 1 aliphatic rings. The highest BCUT2D eigenvalue weighted by Crippen LogP contribution is 2.14. The number of halogens is 1. The van der Waals surface area contributed by atoms with Crippen LogP contribution in [-0.2, 0) is 14.1 Å². The van der Waals surface area contributed by atoms with E-state index >= 15 is 0 Å². The Morgan fingerprint density at radius 1 is 1.04 bits per heavy atom. The van der Waals surface area contributed by atoms with Gasteiger partial charge in [-0.05, 0) is 18.6 Å². The molecule has 2 aromatic rings. The lowest BCUT2D eigenvalue weighted by atomic mass is 10.3. The highest BCUT2D eigenvalue weighted by atomic mass is 19.1. The zero-order chi connectivity index (χ0) is 19.4. The molecule has 1 aliphatic heterocycles. The molecule has 146 valence electrons. The molecule has 0 saturated carbocycles. The van der Waals surface area contributed by atoms with Crippen LogP contribution in [0.3, 0.4) is 0 Å². The largest absolute Gasteiger partial charge is 0.493 e. The molecule has 0 atom stereocenters. The molecule has 0 bridgehead atoms. The fourth-order valence-electron chi connectivity index (χ4n) is 3.26. The number of hydrogen-bond acceptors (Lipinski definition) is 5. The number of nitrogens with zero attached hydrogens (tertiary/aromatic N) is 4. The average Bonchev–Trinajstić information content (AvgIpc) is 2.67. The van der Waals surface area contributed by atoms with E-state index in [1.54, 1.807) is 19.2 Å². The Hall–Kier alpha value is -2.61. The van der Waals surface area contributed by atoms with Gasteiger partial charge in [-0.3, -0.25) is 18.8 Å². The first-order valence-electron chi connectivity index (χ1n) is 9.08. The van der Waals surface area contributed by atoms with E-state index in [2.05, 4.69) is 9.80 Å². The van der Waals surface area contributed by atoms with Crippen LogP contribution in [0.1, 0.15) is 6.42 Å². The van der Waals surface area contributed by atoms with Crippen LogP contribution in [0.25, 0.3) is 0 Å². The van der Waals surface area contributed by atoms with Gasteiger partial charge < -0.3 is 9.64 Å². The summed E-state index contributed by atoms with van der Waals surface area (Å²) in [5.74, 6) is 0.914. The van der Waals surface area contributed by atoms with Gasteiger partial charge in [-0.1, -0.05) is 6.07 Å². The van der Waals surface area contributed by atoms with Crippen molar-refractivity contribution in [3.8, 4) is 5.75 Å². The summed E-state index contributed by atoms with van der Waals surface area (Å²) in [6, 6.07) is 7.67. The topological polar surface area (TPSA) is 59.7 Å². The van der Waals surface area contributed by atoms with Crippen molar-refractivity contribution in [2.75, 3.05) is 44.2 Å². The number of piperazine rings is 1. The summed E-state index contributed by atoms with van der Waals surface area (Å²) in [5.41, 5.74) is -0.598. The predicted molar refractivity (Wildman–Crippen MR) is 102 cm³/mol. The molecule has 0 N–H and O–H groups in total. The minimum Gasteiger partial charge on any atom is -0.493 e. The van der Waals surface area contributed by atoms with Crippen LogP contribution in [0.5, 0.6) is 5.75 Å². The Morgan fingerprint density at radius 3 is 2.48 bits per heavy atom. The molecule has 7 nitrogen and oxygen atoms in total. The third-order valence-corrected chi connectivity index (χ3v) is 4.88. The molecule has 0 amide bonds. The molecule has 0 aliphatic carbocycles. The second-order valence-corrected chi connectivity index (χ2v) is 6.73. The normalized spacial score (nSPS) is 15.1. The second-order valence-electron chi connectivity index (χ2n) is 6.73. The zero-order valence-corrected chi connectivity index (χ0v) is 15.7. The summed E-state index contributed by atoms with van der Waals surface area (Å²) in [5, 5.41) is 0. The maximum atomic E-state index is 13.1. The van der Waals surface area contributed by atoms with Gasteiger partial charge in [-0.25, -0.2) is 9.18 Å². The zero-order valence-electron chi connectivity index (χ0n) is 15.7. The van der Waals surface area contributed by atoms with Gasteiger partial charge >= 0.3 is 5.69 Å². The van der Waals surface area contributed by atoms with E-state index in [0.717, 1.165) is 43.7 Å². The highest BCUT2D eigenvalue weighted by molar-refractivity contribution is 5.38. The Kier molecular flexibility index (Phi) is 5.95. The first-order chi connectivity index (χ1) is 13.0. The molecule has 1 aromatic carbocycles. The van der Waals surface area contributed by atoms with Crippen molar-refractivity contribution in [2.45, 2.75) is 6.42 Å². The van der Waals surface area contributed by atoms with Gasteiger partial charge in [0.15, 0.2) is 0 Å². The number of benzene rings is 1. The Labute approximate surface area is 157 Å². The smallest absolute Gasteiger partial charge is 0.332 e. The molecule has 1 fully saturated rings. The van der Waals surface area contributed by atoms with Gasteiger partial charge in [0.25, 0.3) is 5.56 Å². The Morgan fingerprint density at radius 2 is 1.78 bits per heavy atom. The molecule has 0 spiro atoms. The molecular formula is C19H25FN4O3. The number of hydrogen-bond donors (Lipinski definition) is 0. The van der Waals surface area contributed by atoms with Crippen LogP contribution in [0.15, 0.2) is 39.9 Å². The van der Waals surface area contributed by atoms with Gasteiger partial charge in [-0.2, -0.15) is 0 Å². The van der Waals surface area contributed by atoms with Gasteiger partial charge in [-0.15, -0.1) is 0 Å². The number of rotatable bonds is 6. The highest BCUT2D eigenvalue weighted by Gasteiger charge is 2.20. The molecular weight excluding hydrogens is 351 g/mol. The summed E-state index contributed by atoms with van der Waals surface area (Å²) in [6.45, 7) is 4.63. The van der Waals surface area contributed by atoms with Crippen molar-refractivity contribution in [3.05, 3.63) is 57.0 Å². The molecule has 27 heavy (non-hydrogen) atoms. The van der Waals surface area contributed by atoms with Gasteiger partial charge in [0.2, 0.25) is 0 Å². The monoisotopic (exact) mass is 376 g/mol. The van der Waals surface area contributed by atoms with Crippen LogP contribution in [0, 0.1) is 5.82 Å². The lowest BCUT2D eigenvalue weighted by Gasteiger charge is -2.36. The molecule has 0 unspecified atom stereocenters.